The Kier molecular flexibility index (Phi) is 6.29. The quantitative estimate of drug-likeness (QED) is 0.712. The lowest BCUT2D eigenvalue weighted by molar-refractivity contribution is 0.471. The van der Waals surface area contributed by atoms with Crippen LogP contribution in [0.15, 0.2) is 47.2 Å². The number of amidine groups is 1. The first kappa shape index (κ1) is 17.7. The van der Waals surface area contributed by atoms with E-state index in [0.29, 0.717) is 0 Å². The number of hydrogen-bond donors (Lipinski definition) is 2. The molecule has 0 bridgehead atoms. The minimum atomic E-state index is 0.855. The third kappa shape index (κ3) is 4.73. The van der Waals surface area contributed by atoms with E-state index in [9.17, 15) is 0 Å². The maximum Gasteiger partial charge on any atom is 0.104 e. The zero-order valence-corrected chi connectivity index (χ0v) is 15.5. The Morgan fingerprint density at radius 2 is 2.16 bits per heavy atom. The highest BCUT2D eigenvalue weighted by molar-refractivity contribution is 5.84. The lowest BCUT2D eigenvalue weighted by Gasteiger charge is -2.23. The molecule has 0 spiro atoms. The van der Waals surface area contributed by atoms with E-state index in [2.05, 4.69) is 65.7 Å². The molecule has 0 radical (unpaired) electrons. The summed E-state index contributed by atoms with van der Waals surface area (Å²) in [4.78, 5) is 10.5. The highest BCUT2D eigenvalue weighted by Crippen LogP contribution is 2.18. The molecule has 0 amide bonds. The van der Waals surface area contributed by atoms with Gasteiger partial charge in [0, 0.05) is 43.7 Å². The van der Waals surface area contributed by atoms with E-state index in [4.69, 9.17) is 4.99 Å². The molecule has 4 heteroatoms. The molecule has 2 aromatic rings. The zero-order valence-electron chi connectivity index (χ0n) is 15.5. The molecule has 134 valence electrons. The van der Waals surface area contributed by atoms with Gasteiger partial charge in [0.05, 0.1) is 5.70 Å². The van der Waals surface area contributed by atoms with Crippen molar-refractivity contribution in [2.45, 2.75) is 39.0 Å². The second kappa shape index (κ2) is 8.86. The number of nitrogens with zero attached hydrogens (tertiary/aromatic N) is 2. The van der Waals surface area contributed by atoms with E-state index in [1.807, 2.05) is 0 Å². The van der Waals surface area contributed by atoms with Crippen LogP contribution in [0.4, 0.5) is 0 Å². The molecule has 1 aromatic heterocycles. The van der Waals surface area contributed by atoms with Gasteiger partial charge in [-0.15, -0.1) is 0 Å². The smallest absolute Gasteiger partial charge is 0.104 e. The van der Waals surface area contributed by atoms with Crippen LogP contribution in [-0.4, -0.2) is 42.4 Å². The molecule has 0 saturated carbocycles. The van der Waals surface area contributed by atoms with Gasteiger partial charge < -0.3 is 15.2 Å². The van der Waals surface area contributed by atoms with Crippen molar-refractivity contribution in [2.75, 3.05) is 26.7 Å². The lowest BCUT2D eigenvalue weighted by atomic mass is 10.1. The summed E-state index contributed by atoms with van der Waals surface area (Å²) in [7, 11) is 2.17. The van der Waals surface area contributed by atoms with Crippen LogP contribution in [0.25, 0.3) is 10.9 Å². The van der Waals surface area contributed by atoms with Crippen LogP contribution < -0.4 is 5.32 Å². The summed E-state index contributed by atoms with van der Waals surface area (Å²) in [5.74, 6) is 1.24. The van der Waals surface area contributed by atoms with Crippen LogP contribution in [0, 0.1) is 0 Å². The molecule has 0 saturated heterocycles. The number of hydrogen-bond acceptors (Lipinski definition) is 3. The second-order valence-corrected chi connectivity index (χ2v) is 6.82. The van der Waals surface area contributed by atoms with Gasteiger partial charge in [-0.3, -0.25) is 0 Å². The number of para-hydroxylation sites is 1. The van der Waals surface area contributed by atoms with Gasteiger partial charge in [-0.05, 0) is 37.4 Å². The molecule has 0 aliphatic carbocycles. The Bertz CT molecular complexity index is 741. The summed E-state index contributed by atoms with van der Waals surface area (Å²) in [6, 6.07) is 8.49. The minimum Gasteiger partial charge on any atom is -0.363 e. The molecular formula is C21H30N4. The van der Waals surface area contributed by atoms with Crippen molar-refractivity contribution < 1.29 is 0 Å². The van der Waals surface area contributed by atoms with Gasteiger partial charge in [0.25, 0.3) is 0 Å². The normalized spacial score (nSPS) is 14.5. The topological polar surface area (TPSA) is 43.4 Å². The largest absolute Gasteiger partial charge is 0.363 e. The number of aliphatic imine (C=N–C) groups is 1. The maximum atomic E-state index is 4.85. The van der Waals surface area contributed by atoms with Crippen LogP contribution in [0.2, 0.25) is 0 Å². The molecular weight excluding hydrogens is 308 g/mol. The highest BCUT2D eigenvalue weighted by Gasteiger charge is 2.11. The first-order valence-electron chi connectivity index (χ1n) is 9.51. The molecule has 0 fully saturated rings. The molecule has 1 aromatic carbocycles. The molecule has 0 unspecified atom stereocenters. The number of unbranched alkanes of at least 4 members (excludes halogenated alkanes) is 1. The third-order valence-electron chi connectivity index (χ3n) is 4.86. The first-order valence-corrected chi connectivity index (χ1v) is 9.51. The summed E-state index contributed by atoms with van der Waals surface area (Å²) in [6.45, 7) is 5.17. The fraction of sp³-hybridized carbons (Fsp3) is 0.476. The SMILES string of the molecule is CCCCN(C)C1=NC(CNCCc2c[nH]c3ccccc23)=CCC1. The zero-order chi connectivity index (χ0) is 17.5. The Morgan fingerprint density at radius 3 is 3.04 bits per heavy atom. The number of nitrogens with one attached hydrogen (secondary N) is 2. The van der Waals surface area contributed by atoms with E-state index in [1.165, 1.54) is 40.8 Å². The van der Waals surface area contributed by atoms with E-state index in [-0.39, 0.29) is 0 Å². The highest BCUT2D eigenvalue weighted by atomic mass is 15.2. The van der Waals surface area contributed by atoms with Crippen LogP contribution in [0.3, 0.4) is 0 Å². The summed E-state index contributed by atoms with van der Waals surface area (Å²) >= 11 is 0. The van der Waals surface area contributed by atoms with E-state index >= 15 is 0 Å². The fourth-order valence-corrected chi connectivity index (χ4v) is 3.33. The molecule has 2 N–H and O–H groups in total. The first-order chi connectivity index (χ1) is 12.3. The van der Waals surface area contributed by atoms with Gasteiger partial charge in [0.1, 0.15) is 5.84 Å². The number of aromatic nitrogens is 1. The average Bonchev–Trinajstić information content (AvgIpc) is 3.07. The van der Waals surface area contributed by atoms with Crippen molar-refractivity contribution in [2.24, 2.45) is 4.99 Å². The standard InChI is InChI=1S/C21H30N4/c1-3-4-14-25(2)21-11-7-8-18(24-21)16-22-13-12-17-15-23-20-10-6-5-9-19(17)20/h5-6,8-10,15,22-23H,3-4,7,11-14,16H2,1-2H3. The Balaban J connectivity index is 1.47. The molecule has 25 heavy (non-hydrogen) atoms. The Hall–Kier alpha value is -2.07. The molecule has 3 rings (SSSR count). The number of benzene rings is 1. The number of H-pyrrole nitrogens is 1. The molecule has 2 heterocycles. The maximum absolute atomic E-state index is 4.85. The summed E-state index contributed by atoms with van der Waals surface area (Å²) in [5.41, 5.74) is 3.78. The number of aromatic amines is 1. The van der Waals surface area contributed by atoms with Gasteiger partial charge in [-0.25, -0.2) is 4.99 Å². The lowest BCUT2D eigenvalue weighted by Crippen LogP contribution is -2.30. The second-order valence-electron chi connectivity index (χ2n) is 6.82. The minimum absolute atomic E-state index is 0.855. The van der Waals surface area contributed by atoms with Crippen LogP contribution in [0.1, 0.15) is 38.2 Å². The molecule has 1 aliphatic heterocycles. The van der Waals surface area contributed by atoms with Gasteiger partial charge in [0.15, 0.2) is 0 Å². The van der Waals surface area contributed by atoms with Crippen molar-refractivity contribution in [1.29, 1.82) is 0 Å². The van der Waals surface area contributed by atoms with Gasteiger partial charge >= 0.3 is 0 Å². The number of rotatable bonds is 8. The molecule has 0 atom stereocenters. The van der Waals surface area contributed by atoms with Crippen molar-refractivity contribution >= 4 is 16.7 Å². The van der Waals surface area contributed by atoms with Gasteiger partial charge in [0.2, 0.25) is 0 Å². The van der Waals surface area contributed by atoms with Crippen molar-refractivity contribution in [3.05, 3.63) is 47.8 Å². The monoisotopic (exact) mass is 338 g/mol. The fourth-order valence-electron chi connectivity index (χ4n) is 3.33. The molecule has 4 nitrogen and oxygen atoms in total. The van der Waals surface area contributed by atoms with Gasteiger partial charge in [-0.1, -0.05) is 37.6 Å². The van der Waals surface area contributed by atoms with E-state index < -0.39 is 0 Å². The number of allylic oxidation sites excluding steroid dienone is 1. The van der Waals surface area contributed by atoms with Gasteiger partial charge in [-0.2, -0.15) is 0 Å². The Labute approximate surface area is 151 Å². The predicted molar refractivity (Wildman–Crippen MR) is 107 cm³/mol. The number of fused-ring (bicyclic) bond motifs is 1. The van der Waals surface area contributed by atoms with Crippen LogP contribution in [-0.2, 0) is 6.42 Å². The molecule has 1 aliphatic rings. The predicted octanol–water partition coefficient (Wildman–Crippen LogP) is 4.11. The summed E-state index contributed by atoms with van der Waals surface area (Å²) in [6.07, 6.45) is 10.1. The average molecular weight is 338 g/mol. The summed E-state index contributed by atoms with van der Waals surface area (Å²) in [5, 5.41) is 4.89. The van der Waals surface area contributed by atoms with E-state index in [1.54, 1.807) is 0 Å². The van der Waals surface area contributed by atoms with Crippen molar-refractivity contribution in [3.63, 3.8) is 0 Å². The third-order valence-corrected chi connectivity index (χ3v) is 4.86. The van der Waals surface area contributed by atoms with Crippen molar-refractivity contribution in [3.8, 4) is 0 Å². The Morgan fingerprint density at radius 1 is 1.28 bits per heavy atom. The van der Waals surface area contributed by atoms with E-state index in [0.717, 1.165) is 38.9 Å². The van der Waals surface area contributed by atoms with Crippen LogP contribution in [0.5, 0.6) is 0 Å². The van der Waals surface area contributed by atoms with Crippen LogP contribution >= 0.6 is 0 Å². The summed E-state index contributed by atoms with van der Waals surface area (Å²) < 4.78 is 0. The van der Waals surface area contributed by atoms with Crippen molar-refractivity contribution in [1.82, 2.24) is 15.2 Å².